The largest absolute Gasteiger partial charge is 0.372 e. The minimum atomic E-state index is 0.391. The van der Waals surface area contributed by atoms with Gasteiger partial charge in [-0.2, -0.15) is 12.6 Å². The van der Waals surface area contributed by atoms with Crippen molar-refractivity contribution in [3.8, 4) is 0 Å². The molecule has 0 aliphatic carbocycles. The normalized spacial score (nSPS) is 40.9. The number of fused-ring (bicyclic) bond motifs is 2. The average Bonchev–Trinajstić information content (AvgIpc) is 2.30. The Hall–Kier alpha value is 0.270. The third-order valence-electron chi connectivity index (χ3n) is 2.60. The number of rotatable bonds is 1. The van der Waals surface area contributed by atoms with Gasteiger partial charge in [-0.1, -0.05) is 0 Å². The van der Waals surface area contributed by atoms with Crippen LogP contribution in [0, 0.1) is 0 Å². The first kappa shape index (κ1) is 7.90. The number of hydrogen-bond acceptors (Lipinski definition) is 3. The zero-order valence-electron chi connectivity index (χ0n) is 6.86. The first-order valence-electron chi connectivity index (χ1n) is 4.33. The van der Waals surface area contributed by atoms with Gasteiger partial charge in [0.25, 0.3) is 0 Å². The van der Waals surface area contributed by atoms with Crippen LogP contribution in [0.15, 0.2) is 0 Å². The number of morpholine rings is 1. The minimum Gasteiger partial charge on any atom is -0.372 e. The summed E-state index contributed by atoms with van der Waals surface area (Å²) in [6, 6.07) is 0. The second-order valence-electron chi connectivity index (χ2n) is 3.54. The fraction of sp³-hybridized carbons (Fsp3) is 1.00. The van der Waals surface area contributed by atoms with E-state index in [9.17, 15) is 0 Å². The highest BCUT2D eigenvalue weighted by molar-refractivity contribution is 7.80. The van der Waals surface area contributed by atoms with Gasteiger partial charge in [-0.15, -0.1) is 0 Å². The van der Waals surface area contributed by atoms with E-state index < -0.39 is 0 Å². The summed E-state index contributed by atoms with van der Waals surface area (Å²) >= 11 is 4.42. The maximum atomic E-state index is 5.70. The smallest absolute Gasteiger partial charge is 0.0707 e. The van der Waals surface area contributed by atoms with E-state index in [4.69, 9.17) is 4.74 Å². The molecule has 2 aliphatic heterocycles. The number of ether oxygens (including phenoxy) is 1. The summed E-state index contributed by atoms with van der Waals surface area (Å²) in [6.45, 7) is 4.30. The van der Waals surface area contributed by atoms with Crippen LogP contribution in [0.25, 0.3) is 0 Å². The SMILES string of the molecule is CC(S)N1CC2CCC(C1)O2. The molecule has 0 aromatic rings. The molecule has 3 unspecified atom stereocenters. The molecule has 0 amide bonds. The van der Waals surface area contributed by atoms with Gasteiger partial charge in [0.1, 0.15) is 0 Å². The van der Waals surface area contributed by atoms with Crippen molar-refractivity contribution in [2.24, 2.45) is 0 Å². The number of nitrogens with zero attached hydrogens (tertiary/aromatic N) is 1. The molecule has 2 nitrogen and oxygen atoms in total. The molecule has 2 aliphatic rings. The van der Waals surface area contributed by atoms with Crippen LogP contribution in [0.4, 0.5) is 0 Å². The standard InChI is InChI=1S/C8H15NOS/c1-6(11)9-4-7-2-3-8(5-9)10-7/h6-8,11H,2-5H2,1H3. The first-order valence-corrected chi connectivity index (χ1v) is 4.85. The summed E-state index contributed by atoms with van der Waals surface area (Å²) in [5.41, 5.74) is 0. The highest BCUT2D eigenvalue weighted by Crippen LogP contribution is 2.27. The topological polar surface area (TPSA) is 12.5 Å². The van der Waals surface area contributed by atoms with Crippen molar-refractivity contribution >= 4 is 12.6 Å². The van der Waals surface area contributed by atoms with Crippen molar-refractivity contribution < 1.29 is 4.74 Å². The molecule has 2 saturated heterocycles. The summed E-state index contributed by atoms with van der Waals surface area (Å²) in [5.74, 6) is 0. The number of likely N-dealkylation sites (tertiary alicyclic amines) is 1. The van der Waals surface area contributed by atoms with Gasteiger partial charge in [-0.3, -0.25) is 4.90 Å². The van der Waals surface area contributed by atoms with Gasteiger partial charge in [-0.05, 0) is 19.8 Å². The summed E-state index contributed by atoms with van der Waals surface area (Å²) in [7, 11) is 0. The molecule has 0 radical (unpaired) electrons. The zero-order valence-corrected chi connectivity index (χ0v) is 7.76. The van der Waals surface area contributed by atoms with Crippen molar-refractivity contribution in [1.82, 2.24) is 4.90 Å². The van der Waals surface area contributed by atoms with Crippen LogP contribution in [0.5, 0.6) is 0 Å². The highest BCUT2D eigenvalue weighted by atomic mass is 32.1. The van der Waals surface area contributed by atoms with E-state index in [1.807, 2.05) is 0 Å². The minimum absolute atomic E-state index is 0.391. The second kappa shape index (κ2) is 2.96. The molecule has 0 aromatic carbocycles. The number of hydrogen-bond donors (Lipinski definition) is 1. The Bertz CT molecular complexity index is 139. The Morgan fingerprint density at radius 3 is 2.36 bits per heavy atom. The molecular weight excluding hydrogens is 158 g/mol. The van der Waals surface area contributed by atoms with E-state index in [2.05, 4.69) is 24.5 Å². The molecule has 64 valence electrons. The van der Waals surface area contributed by atoms with E-state index in [1.165, 1.54) is 12.8 Å². The average molecular weight is 173 g/mol. The first-order chi connectivity index (χ1) is 5.25. The van der Waals surface area contributed by atoms with E-state index in [1.54, 1.807) is 0 Å². The van der Waals surface area contributed by atoms with Crippen LogP contribution in [0.3, 0.4) is 0 Å². The van der Waals surface area contributed by atoms with Gasteiger partial charge in [-0.25, -0.2) is 0 Å². The number of thiol groups is 1. The molecule has 2 heterocycles. The molecule has 3 heteroatoms. The lowest BCUT2D eigenvalue weighted by atomic mass is 10.2. The molecule has 2 fully saturated rings. The van der Waals surface area contributed by atoms with Crippen molar-refractivity contribution in [2.75, 3.05) is 13.1 Å². The lowest BCUT2D eigenvalue weighted by Crippen LogP contribution is -2.45. The third-order valence-corrected chi connectivity index (χ3v) is 2.93. The Labute approximate surface area is 73.3 Å². The Morgan fingerprint density at radius 2 is 1.91 bits per heavy atom. The van der Waals surface area contributed by atoms with Gasteiger partial charge < -0.3 is 4.74 Å². The predicted octanol–water partition coefficient (Wildman–Crippen LogP) is 1.13. The fourth-order valence-corrected chi connectivity index (χ4v) is 2.14. The van der Waals surface area contributed by atoms with E-state index in [-0.39, 0.29) is 0 Å². The predicted molar refractivity (Wildman–Crippen MR) is 47.9 cm³/mol. The van der Waals surface area contributed by atoms with E-state index in [0.29, 0.717) is 17.6 Å². The van der Waals surface area contributed by atoms with Crippen LogP contribution in [-0.4, -0.2) is 35.6 Å². The fourth-order valence-electron chi connectivity index (χ4n) is 1.95. The summed E-state index contributed by atoms with van der Waals surface area (Å²) in [6.07, 6.45) is 3.51. The van der Waals surface area contributed by atoms with Crippen molar-refractivity contribution in [2.45, 2.75) is 37.3 Å². The molecule has 0 spiro atoms. The van der Waals surface area contributed by atoms with Crippen molar-refractivity contribution in [1.29, 1.82) is 0 Å². The Morgan fingerprint density at radius 1 is 1.36 bits per heavy atom. The molecule has 0 saturated carbocycles. The van der Waals surface area contributed by atoms with E-state index >= 15 is 0 Å². The molecule has 11 heavy (non-hydrogen) atoms. The van der Waals surface area contributed by atoms with E-state index in [0.717, 1.165) is 13.1 Å². The quantitative estimate of drug-likeness (QED) is 0.597. The molecule has 2 bridgehead atoms. The lowest BCUT2D eigenvalue weighted by molar-refractivity contribution is -0.0400. The molecule has 0 N–H and O–H groups in total. The molecule has 0 aromatic heterocycles. The lowest BCUT2D eigenvalue weighted by Gasteiger charge is -2.34. The monoisotopic (exact) mass is 173 g/mol. The van der Waals surface area contributed by atoms with Crippen LogP contribution in [0.1, 0.15) is 19.8 Å². The van der Waals surface area contributed by atoms with Crippen LogP contribution in [0.2, 0.25) is 0 Å². The van der Waals surface area contributed by atoms with Gasteiger partial charge in [0, 0.05) is 13.1 Å². The van der Waals surface area contributed by atoms with Crippen molar-refractivity contribution in [3.05, 3.63) is 0 Å². The molecule has 2 rings (SSSR count). The summed E-state index contributed by atoms with van der Waals surface area (Å²) < 4.78 is 5.70. The second-order valence-corrected chi connectivity index (χ2v) is 4.29. The van der Waals surface area contributed by atoms with Gasteiger partial charge >= 0.3 is 0 Å². The van der Waals surface area contributed by atoms with Crippen LogP contribution < -0.4 is 0 Å². The Kier molecular flexibility index (Phi) is 2.12. The van der Waals surface area contributed by atoms with Crippen LogP contribution in [-0.2, 0) is 4.74 Å². The summed E-state index contributed by atoms with van der Waals surface area (Å²) in [4.78, 5) is 2.40. The van der Waals surface area contributed by atoms with Crippen LogP contribution >= 0.6 is 12.6 Å². The third kappa shape index (κ3) is 1.55. The molecular formula is C8H15NOS. The molecule has 3 atom stereocenters. The van der Waals surface area contributed by atoms with Crippen molar-refractivity contribution in [3.63, 3.8) is 0 Å². The van der Waals surface area contributed by atoms with Gasteiger partial charge in [0.15, 0.2) is 0 Å². The highest BCUT2D eigenvalue weighted by Gasteiger charge is 2.34. The van der Waals surface area contributed by atoms with Gasteiger partial charge in [0.05, 0.1) is 17.6 Å². The maximum Gasteiger partial charge on any atom is 0.0707 e. The maximum absolute atomic E-state index is 5.70. The summed E-state index contributed by atoms with van der Waals surface area (Å²) in [5, 5.41) is 0.391. The zero-order chi connectivity index (χ0) is 7.84. The Balaban J connectivity index is 1.97. The van der Waals surface area contributed by atoms with Gasteiger partial charge in [0.2, 0.25) is 0 Å².